The molecule has 0 saturated carbocycles. The van der Waals surface area contributed by atoms with Crippen LogP contribution in [0.1, 0.15) is 65.0 Å². The van der Waals surface area contributed by atoms with Crippen molar-refractivity contribution in [3.05, 3.63) is 203 Å². The average Bonchev–Trinajstić information content (AvgIpc) is 3.32. The van der Waals surface area contributed by atoms with Crippen LogP contribution < -0.4 is 9.47 Å². The lowest BCUT2D eigenvalue weighted by Crippen LogP contribution is -2.65. The van der Waals surface area contributed by atoms with Crippen molar-refractivity contribution in [3.63, 3.8) is 0 Å². The molecule has 1 aliphatic heterocycles. The predicted octanol–water partition coefficient (Wildman–Crippen LogP) is 8.12. The molecule has 0 amide bonds. The summed E-state index contributed by atoms with van der Waals surface area (Å²) in [6, 6.07) is 45.0. The number of carbonyl (C=O) groups is 4. The summed E-state index contributed by atoms with van der Waals surface area (Å²) in [5.74, 6) is -2.37. The van der Waals surface area contributed by atoms with E-state index in [1.54, 1.807) is 122 Å². The molecule has 13 nitrogen and oxygen atoms in total. The summed E-state index contributed by atoms with van der Waals surface area (Å²) in [4.78, 5) is 55.8. The van der Waals surface area contributed by atoms with Crippen LogP contribution in [0.4, 0.5) is 0 Å². The van der Waals surface area contributed by atoms with Crippen molar-refractivity contribution in [2.24, 2.45) is 5.16 Å². The Morgan fingerprint density at radius 2 is 1.10 bits per heavy atom. The zero-order valence-corrected chi connectivity index (χ0v) is 34.2. The second-order valence-electron chi connectivity index (χ2n) is 14.4. The Morgan fingerprint density at radius 1 is 0.619 bits per heavy atom. The van der Waals surface area contributed by atoms with Crippen LogP contribution in [-0.2, 0) is 30.1 Å². The standard InChI is InChI=1S/C50H43NO12/c1-32(58-46(52)35-15-7-3-8-16-35)42-43(60-47(53)36-17-9-4-10-18-36)44(61-48(54)37-19-11-5-12-20-37)45(62-49(55)38-21-13-6-14-22-38)50(63-42)59-41-30-34(31-51-56)23-26-39(41)29-33-24-27-40(57-2)28-25-33/h3-28,30-32,42-45,50,56H,29H2,1-2H3/t32-,42-,43-,44+,45-,50-/m1/s1. The molecule has 1 aliphatic rings. The van der Waals surface area contributed by atoms with Crippen molar-refractivity contribution in [3.8, 4) is 11.5 Å². The van der Waals surface area contributed by atoms with Crippen LogP contribution in [0.3, 0.4) is 0 Å². The monoisotopic (exact) mass is 849 g/mol. The lowest BCUT2D eigenvalue weighted by molar-refractivity contribution is -0.284. The molecule has 1 N–H and O–H groups in total. The summed E-state index contributed by atoms with van der Waals surface area (Å²) < 4.78 is 43.4. The summed E-state index contributed by atoms with van der Waals surface area (Å²) in [7, 11) is 1.57. The van der Waals surface area contributed by atoms with E-state index in [0.717, 1.165) is 5.56 Å². The van der Waals surface area contributed by atoms with E-state index in [2.05, 4.69) is 5.16 Å². The minimum atomic E-state index is -1.65. The third kappa shape index (κ3) is 11.0. The largest absolute Gasteiger partial charge is 0.497 e. The van der Waals surface area contributed by atoms with Crippen molar-refractivity contribution in [2.45, 2.75) is 50.2 Å². The average molecular weight is 850 g/mol. The Hall–Kier alpha value is -7.77. The lowest BCUT2D eigenvalue weighted by Gasteiger charge is -2.45. The molecule has 6 aromatic carbocycles. The number of methoxy groups -OCH3 is 1. The molecule has 7 rings (SSSR count). The fraction of sp³-hybridized carbons (Fsp3) is 0.180. The first-order valence-corrected chi connectivity index (χ1v) is 20.0. The molecular formula is C50H43NO12. The van der Waals surface area contributed by atoms with Gasteiger partial charge in [-0.05, 0) is 90.3 Å². The number of oxime groups is 1. The van der Waals surface area contributed by atoms with E-state index in [9.17, 15) is 24.4 Å². The molecular weight excluding hydrogens is 807 g/mol. The number of hydrogen-bond acceptors (Lipinski definition) is 13. The Bertz CT molecular complexity index is 2500. The van der Waals surface area contributed by atoms with Gasteiger partial charge in [0.25, 0.3) is 0 Å². The molecule has 6 aromatic rings. The quantitative estimate of drug-likeness (QED) is 0.0347. The number of rotatable bonds is 15. The first-order chi connectivity index (χ1) is 30.7. The molecule has 0 spiro atoms. The van der Waals surface area contributed by atoms with Crippen molar-refractivity contribution in [2.75, 3.05) is 7.11 Å². The molecule has 1 fully saturated rings. The van der Waals surface area contributed by atoms with Gasteiger partial charge in [-0.25, -0.2) is 19.2 Å². The number of ether oxygens (including phenoxy) is 7. The summed E-state index contributed by atoms with van der Waals surface area (Å²) in [6.45, 7) is 1.53. The van der Waals surface area contributed by atoms with Crippen LogP contribution in [-0.4, -0.2) is 79.2 Å². The van der Waals surface area contributed by atoms with Crippen LogP contribution in [0, 0.1) is 0 Å². The highest BCUT2D eigenvalue weighted by Gasteiger charge is 2.56. The Kier molecular flexibility index (Phi) is 14.2. The van der Waals surface area contributed by atoms with Gasteiger partial charge in [0.1, 0.15) is 23.7 Å². The molecule has 6 atom stereocenters. The second kappa shape index (κ2) is 20.7. The first kappa shape index (κ1) is 43.3. The molecule has 0 unspecified atom stereocenters. The normalized spacial score (nSPS) is 18.7. The van der Waals surface area contributed by atoms with E-state index in [4.69, 9.17) is 33.2 Å². The molecule has 0 radical (unpaired) electrons. The summed E-state index contributed by atoms with van der Waals surface area (Å²) >= 11 is 0. The van der Waals surface area contributed by atoms with Gasteiger partial charge in [-0.15, -0.1) is 0 Å². The van der Waals surface area contributed by atoms with Gasteiger partial charge in [-0.2, -0.15) is 0 Å². The SMILES string of the molecule is COc1ccc(Cc2ccc(C=NO)cc2O[C@@H]2O[C@H]([C@@H](C)OC(=O)c3ccccc3)[C@@H](OC(=O)c3ccccc3)[C@H](OC(=O)c3ccccc3)[C@H]2OC(=O)c2ccccc2)cc1. The lowest BCUT2D eigenvalue weighted by atomic mass is 9.94. The highest BCUT2D eigenvalue weighted by molar-refractivity contribution is 5.92. The topological polar surface area (TPSA) is 165 Å². The van der Waals surface area contributed by atoms with Gasteiger partial charge >= 0.3 is 23.9 Å². The molecule has 0 bridgehead atoms. The number of nitrogens with zero attached hydrogens (tertiary/aromatic N) is 1. The maximum Gasteiger partial charge on any atom is 0.338 e. The highest BCUT2D eigenvalue weighted by atomic mass is 16.7. The first-order valence-electron chi connectivity index (χ1n) is 20.0. The van der Waals surface area contributed by atoms with Crippen molar-refractivity contribution in [1.82, 2.24) is 0 Å². The molecule has 0 aromatic heterocycles. The molecule has 1 saturated heterocycles. The Balaban J connectivity index is 1.36. The summed E-state index contributed by atoms with van der Waals surface area (Å²) in [6.07, 6.45) is -7.59. The minimum absolute atomic E-state index is 0.139. The fourth-order valence-corrected chi connectivity index (χ4v) is 6.94. The zero-order chi connectivity index (χ0) is 44.1. The minimum Gasteiger partial charge on any atom is -0.497 e. The number of carbonyl (C=O) groups excluding carboxylic acids is 4. The number of benzene rings is 6. The fourth-order valence-electron chi connectivity index (χ4n) is 6.94. The zero-order valence-electron chi connectivity index (χ0n) is 34.2. The highest BCUT2D eigenvalue weighted by Crippen LogP contribution is 2.36. The summed E-state index contributed by atoms with van der Waals surface area (Å²) in [5.41, 5.74) is 2.61. The molecule has 1 heterocycles. The molecule has 320 valence electrons. The van der Waals surface area contributed by atoms with Gasteiger partial charge in [-0.3, -0.25) is 0 Å². The Morgan fingerprint density at radius 3 is 1.59 bits per heavy atom. The molecule has 63 heavy (non-hydrogen) atoms. The smallest absolute Gasteiger partial charge is 0.338 e. The van der Waals surface area contributed by atoms with Crippen LogP contribution in [0.5, 0.6) is 11.5 Å². The maximum absolute atomic E-state index is 14.1. The van der Waals surface area contributed by atoms with Crippen molar-refractivity contribution >= 4 is 30.1 Å². The van der Waals surface area contributed by atoms with E-state index in [0.29, 0.717) is 23.3 Å². The van der Waals surface area contributed by atoms with Gasteiger partial charge in [0.05, 0.1) is 35.6 Å². The second-order valence-corrected chi connectivity index (χ2v) is 14.4. The van der Waals surface area contributed by atoms with Gasteiger partial charge in [0, 0.05) is 6.42 Å². The van der Waals surface area contributed by atoms with E-state index in [1.165, 1.54) is 37.4 Å². The third-order valence-electron chi connectivity index (χ3n) is 10.1. The van der Waals surface area contributed by atoms with Gasteiger partial charge < -0.3 is 38.4 Å². The van der Waals surface area contributed by atoms with E-state index in [1.807, 2.05) is 24.3 Å². The van der Waals surface area contributed by atoms with Crippen LogP contribution in [0.25, 0.3) is 0 Å². The van der Waals surface area contributed by atoms with Gasteiger partial charge in [0.15, 0.2) is 12.2 Å². The number of esters is 4. The Labute approximate surface area is 363 Å². The number of hydrogen-bond donors (Lipinski definition) is 1. The summed E-state index contributed by atoms with van der Waals surface area (Å²) in [5, 5.41) is 12.7. The van der Waals surface area contributed by atoms with E-state index < -0.39 is 60.7 Å². The van der Waals surface area contributed by atoms with Crippen molar-refractivity contribution < 1.29 is 57.5 Å². The van der Waals surface area contributed by atoms with E-state index >= 15 is 0 Å². The van der Waals surface area contributed by atoms with Crippen LogP contribution in [0.2, 0.25) is 0 Å². The molecule has 13 heteroatoms. The van der Waals surface area contributed by atoms with Gasteiger partial charge in [0.2, 0.25) is 12.4 Å². The van der Waals surface area contributed by atoms with E-state index in [-0.39, 0.29) is 28.0 Å². The van der Waals surface area contributed by atoms with Gasteiger partial charge in [-0.1, -0.05) is 102 Å². The maximum atomic E-state index is 14.1. The molecule has 0 aliphatic carbocycles. The van der Waals surface area contributed by atoms with Crippen LogP contribution >= 0.6 is 0 Å². The predicted molar refractivity (Wildman–Crippen MR) is 229 cm³/mol. The van der Waals surface area contributed by atoms with Crippen LogP contribution in [0.15, 0.2) is 169 Å². The van der Waals surface area contributed by atoms with Crippen molar-refractivity contribution in [1.29, 1.82) is 0 Å². The third-order valence-corrected chi connectivity index (χ3v) is 10.1.